The Hall–Kier alpha value is -1.79. The third kappa shape index (κ3) is 4.84. The fourth-order valence-electron chi connectivity index (χ4n) is 2.14. The Balaban J connectivity index is 1.91. The minimum absolute atomic E-state index is 0.0209. The van der Waals surface area contributed by atoms with Crippen LogP contribution in [0.25, 0.3) is 0 Å². The average molecular weight is 383 g/mol. The molecule has 0 unspecified atom stereocenters. The Morgan fingerprint density at radius 3 is 2.61 bits per heavy atom. The van der Waals surface area contributed by atoms with Gasteiger partial charge in [-0.15, -0.1) is 0 Å². The number of aryl methyl sites for hydroxylation is 1. The number of amides is 1. The van der Waals surface area contributed by atoms with E-state index in [0.29, 0.717) is 11.3 Å². The van der Waals surface area contributed by atoms with E-state index < -0.39 is 17.7 Å². The number of carbonyl (C=O) groups is 1. The minimum Gasteiger partial charge on any atom is -0.325 e. The number of halogens is 3. The highest BCUT2D eigenvalue weighted by molar-refractivity contribution is 9.10. The molecular formula is C17H17BrF2N2O. The van der Waals surface area contributed by atoms with Crippen LogP contribution in [0.1, 0.15) is 24.1 Å². The molecule has 0 aromatic heterocycles. The number of carbonyl (C=O) groups excluding carboxylic acids is 1. The Bertz CT molecular complexity index is 722. The lowest BCUT2D eigenvalue weighted by Gasteiger charge is -2.15. The first kappa shape index (κ1) is 17.6. The second kappa shape index (κ2) is 7.66. The highest BCUT2D eigenvalue weighted by atomic mass is 79.9. The molecule has 2 N–H and O–H groups in total. The van der Waals surface area contributed by atoms with E-state index >= 15 is 0 Å². The predicted octanol–water partition coefficient (Wildman–Crippen LogP) is 4.33. The molecule has 0 aliphatic carbocycles. The summed E-state index contributed by atoms with van der Waals surface area (Å²) in [6, 6.07) is 8.49. The minimum atomic E-state index is -0.631. The van der Waals surface area contributed by atoms with Gasteiger partial charge in [0.1, 0.15) is 11.6 Å². The molecule has 0 bridgehead atoms. The zero-order chi connectivity index (χ0) is 17.0. The van der Waals surface area contributed by atoms with Crippen molar-refractivity contribution in [3.05, 3.63) is 63.6 Å². The van der Waals surface area contributed by atoms with Crippen molar-refractivity contribution in [2.75, 3.05) is 11.9 Å². The van der Waals surface area contributed by atoms with Gasteiger partial charge in [0.2, 0.25) is 5.91 Å². The van der Waals surface area contributed by atoms with Crippen LogP contribution in [0.2, 0.25) is 0 Å². The number of hydrogen-bond acceptors (Lipinski definition) is 2. The van der Waals surface area contributed by atoms with Crippen molar-refractivity contribution in [2.45, 2.75) is 19.9 Å². The molecule has 0 radical (unpaired) electrons. The molecular weight excluding hydrogens is 366 g/mol. The normalized spacial score (nSPS) is 12.0. The van der Waals surface area contributed by atoms with Gasteiger partial charge in [-0.1, -0.05) is 22.0 Å². The van der Waals surface area contributed by atoms with Crippen LogP contribution in [-0.4, -0.2) is 12.5 Å². The van der Waals surface area contributed by atoms with E-state index in [1.165, 1.54) is 12.1 Å². The zero-order valence-electron chi connectivity index (χ0n) is 12.8. The van der Waals surface area contributed by atoms with Gasteiger partial charge in [-0.25, -0.2) is 8.78 Å². The number of benzene rings is 2. The molecule has 0 saturated carbocycles. The summed E-state index contributed by atoms with van der Waals surface area (Å²) in [7, 11) is 0. The van der Waals surface area contributed by atoms with Crippen LogP contribution in [0.15, 0.2) is 40.9 Å². The van der Waals surface area contributed by atoms with Gasteiger partial charge >= 0.3 is 0 Å². The maximum absolute atomic E-state index is 13.7. The molecule has 3 nitrogen and oxygen atoms in total. The molecule has 0 aliphatic rings. The fraction of sp³-hybridized carbons (Fsp3) is 0.235. The van der Waals surface area contributed by atoms with Crippen LogP contribution in [-0.2, 0) is 4.79 Å². The van der Waals surface area contributed by atoms with Gasteiger partial charge in [0, 0.05) is 27.8 Å². The van der Waals surface area contributed by atoms with E-state index in [1.54, 1.807) is 13.0 Å². The molecule has 0 aliphatic heterocycles. The number of nitrogens with one attached hydrogen (secondary N) is 2. The van der Waals surface area contributed by atoms with Crippen LogP contribution in [0, 0.1) is 18.6 Å². The monoisotopic (exact) mass is 382 g/mol. The van der Waals surface area contributed by atoms with Gasteiger partial charge in [-0.2, -0.15) is 0 Å². The molecule has 0 spiro atoms. The zero-order valence-corrected chi connectivity index (χ0v) is 14.4. The van der Waals surface area contributed by atoms with Crippen LogP contribution in [0.5, 0.6) is 0 Å². The first-order chi connectivity index (χ1) is 10.9. The van der Waals surface area contributed by atoms with Crippen molar-refractivity contribution in [3.8, 4) is 0 Å². The van der Waals surface area contributed by atoms with Crippen molar-refractivity contribution < 1.29 is 13.6 Å². The second-order valence-electron chi connectivity index (χ2n) is 5.28. The molecule has 0 heterocycles. The SMILES string of the molecule is Cc1cc(NC(=O)CN[C@H](C)c2ccc(F)cc2F)ccc1Br. The van der Waals surface area contributed by atoms with E-state index in [-0.39, 0.29) is 12.5 Å². The quantitative estimate of drug-likeness (QED) is 0.807. The molecule has 0 fully saturated rings. The van der Waals surface area contributed by atoms with Crippen LogP contribution in [0.4, 0.5) is 14.5 Å². The highest BCUT2D eigenvalue weighted by Gasteiger charge is 2.13. The van der Waals surface area contributed by atoms with E-state index in [4.69, 9.17) is 0 Å². The third-order valence-electron chi connectivity index (χ3n) is 3.44. The largest absolute Gasteiger partial charge is 0.325 e. The fourth-order valence-corrected chi connectivity index (χ4v) is 2.38. The van der Waals surface area contributed by atoms with Gasteiger partial charge in [0.25, 0.3) is 0 Å². The van der Waals surface area contributed by atoms with Crippen molar-refractivity contribution in [1.29, 1.82) is 0 Å². The van der Waals surface area contributed by atoms with E-state index in [2.05, 4.69) is 26.6 Å². The summed E-state index contributed by atoms with van der Waals surface area (Å²) in [5.74, 6) is -1.49. The topological polar surface area (TPSA) is 41.1 Å². The molecule has 1 amide bonds. The number of rotatable bonds is 5. The second-order valence-corrected chi connectivity index (χ2v) is 6.13. The van der Waals surface area contributed by atoms with Gasteiger partial charge in [-0.05, 0) is 43.7 Å². The third-order valence-corrected chi connectivity index (χ3v) is 4.33. The van der Waals surface area contributed by atoms with E-state index in [0.717, 1.165) is 16.1 Å². The maximum atomic E-state index is 13.7. The van der Waals surface area contributed by atoms with Crippen molar-refractivity contribution in [2.24, 2.45) is 0 Å². The smallest absolute Gasteiger partial charge is 0.238 e. The average Bonchev–Trinajstić information content (AvgIpc) is 2.48. The van der Waals surface area contributed by atoms with Gasteiger partial charge in [0.15, 0.2) is 0 Å². The van der Waals surface area contributed by atoms with E-state index in [1.807, 2.05) is 19.1 Å². The molecule has 2 aromatic carbocycles. The summed E-state index contributed by atoms with van der Waals surface area (Å²) in [6.45, 7) is 3.66. The molecule has 2 rings (SSSR count). The number of anilines is 1. The van der Waals surface area contributed by atoms with Crippen molar-refractivity contribution in [1.82, 2.24) is 5.32 Å². The molecule has 2 aromatic rings. The summed E-state index contributed by atoms with van der Waals surface area (Å²) in [6.07, 6.45) is 0. The van der Waals surface area contributed by atoms with Crippen molar-refractivity contribution in [3.63, 3.8) is 0 Å². The summed E-state index contributed by atoms with van der Waals surface area (Å²) in [5.41, 5.74) is 2.02. The van der Waals surface area contributed by atoms with Gasteiger partial charge in [-0.3, -0.25) is 4.79 Å². The molecule has 6 heteroatoms. The molecule has 0 saturated heterocycles. The summed E-state index contributed by atoms with van der Waals surface area (Å²) in [5, 5.41) is 5.69. The first-order valence-corrected chi connectivity index (χ1v) is 7.90. The van der Waals surface area contributed by atoms with Gasteiger partial charge in [0.05, 0.1) is 6.54 Å². The van der Waals surface area contributed by atoms with Crippen molar-refractivity contribution >= 4 is 27.5 Å². The Morgan fingerprint density at radius 2 is 1.96 bits per heavy atom. The first-order valence-electron chi connectivity index (χ1n) is 7.11. The molecule has 122 valence electrons. The maximum Gasteiger partial charge on any atom is 0.238 e. The summed E-state index contributed by atoms with van der Waals surface area (Å²) < 4.78 is 27.5. The summed E-state index contributed by atoms with van der Waals surface area (Å²) >= 11 is 3.40. The molecule has 23 heavy (non-hydrogen) atoms. The Kier molecular flexibility index (Phi) is 5.85. The van der Waals surface area contributed by atoms with Gasteiger partial charge < -0.3 is 10.6 Å². The lowest BCUT2D eigenvalue weighted by Crippen LogP contribution is -2.30. The standard InChI is InChI=1S/C17H17BrF2N2O/c1-10-7-13(4-6-15(10)18)22-17(23)9-21-11(2)14-5-3-12(19)8-16(14)20/h3-8,11,21H,9H2,1-2H3,(H,22,23)/t11-/m1/s1. The van der Waals surface area contributed by atoms with Crippen LogP contribution >= 0.6 is 15.9 Å². The predicted molar refractivity (Wildman–Crippen MR) is 90.3 cm³/mol. The summed E-state index contributed by atoms with van der Waals surface area (Å²) in [4.78, 5) is 11.9. The molecule has 1 atom stereocenters. The highest BCUT2D eigenvalue weighted by Crippen LogP contribution is 2.20. The van der Waals surface area contributed by atoms with Crippen LogP contribution < -0.4 is 10.6 Å². The Labute approximate surface area is 142 Å². The van der Waals surface area contributed by atoms with E-state index in [9.17, 15) is 13.6 Å². The Morgan fingerprint density at radius 1 is 1.22 bits per heavy atom. The number of hydrogen-bond donors (Lipinski definition) is 2. The lowest BCUT2D eigenvalue weighted by atomic mass is 10.1. The lowest BCUT2D eigenvalue weighted by molar-refractivity contribution is -0.115. The van der Waals surface area contributed by atoms with Crippen LogP contribution in [0.3, 0.4) is 0 Å².